The third-order valence-electron chi connectivity index (χ3n) is 5.08. The van der Waals surface area contributed by atoms with Gasteiger partial charge in [0, 0.05) is 6.54 Å². The molecule has 0 saturated heterocycles. The SMILES string of the molecule is CC(C)CN1C(N)=NCC12CCCC(C1CC1)C2. The number of nitrogens with zero attached hydrogens (tertiary/aromatic N) is 2. The zero-order valence-electron chi connectivity index (χ0n) is 11.9. The number of hydrogen-bond donors (Lipinski definition) is 1. The fraction of sp³-hybridized carbons (Fsp3) is 0.933. The molecule has 2 atom stereocenters. The van der Waals surface area contributed by atoms with E-state index in [9.17, 15) is 0 Å². The first-order valence-corrected chi connectivity index (χ1v) is 7.68. The van der Waals surface area contributed by atoms with Crippen LogP contribution in [-0.2, 0) is 0 Å². The molecule has 3 rings (SSSR count). The summed E-state index contributed by atoms with van der Waals surface area (Å²) >= 11 is 0. The van der Waals surface area contributed by atoms with Crippen molar-refractivity contribution < 1.29 is 0 Å². The topological polar surface area (TPSA) is 41.6 Å². The lowest BCUT2D eigenvalue weighted by Gasteiger charge is -2.45. The van der Waals surface area contributed by atoms with Crippen molar-refractivity contribution in [3.63, 3.8) is 0 Å². The lowest BCUT2D eigenvalue weighted by Crippen LogP contribution is -2.55. The van der Waals surface area contributed by atoms with Crippen LogP contribution in [-0.4, -0.2) is 29.5 Å². The summed E-state index contributed by atoms with van der Waals surface area (Å²) in [6.45, 7) is 6.59. The first-order chi connectivity index (χ1) is 8.61. The van der Waals surface area contributed by atoms with Crippen LogP contribution in [0.15, 0.2) is 4.99 Å². The molecule has 0 bridgehead atoms. The van der Waals surface area contributed by atoms with E-state index >= 15 is 0 Å². The molecule has 3 heteroatoms. The molecule has 0 amide bonds. The van der Waals surface area contributed by atoms with Crippen molar-refractivity contribution >= 4 is 5.96 Å². The predicted molar refractivity (Wildman–Crippen MR) is 75.4 cm³/mol. The van der Waals surface area contributed by atoms with E-state index in [1.807, 2.05) is 0 Å². The van der Waals surface area contributed by atoms with Gasteiger partial charge in [-0.05, 0) is 43.4 Å². The van der Waals surface area contributed by atoms with Crippen LogP contribution in [0.5, 0.6) is 0 Å². The summed E-state index contributed by atoms with van der Waals surface area (Å²) in [6, 6.07) is 0. The van der Waals surface area contributed by atoms with Crippen molar-refractivity contribution in [2.24, 2.45) is 28.5 Å². The minimum absolute atomic E-state index is 0.292. The monoisotopic (exact) mass is 249 g/mol. The summed E-state index contributed by atoms with van der Waals surface area (Å²) in [5.74, 6) is 3.45. The minimum atomic E-state index is 0.292. The van der Waals surface area contributed by atoms with Crippen LogP contribution in [0.4, 0.5) is 0 Å². The van der Waals surface area contributed by atoms with Gasteiger partial charge in [0.1, 0.15) is 0 Å². The number of aliphatic imine (C=N–C) groups is 1. The second-order valence-electron chi connectivity index (χ2n) is 7.10. The maximum Gasteiger partial charge on any atom is 0.191 e. The van der Waals surface area contributed by atoms with Gasteiger partial charge < -0.3 is 10.6 Å². The summed E-state index contributed by atoms with van der Waals surface area (Å²) in [6.07, 6.45) is 8.41. The summed E-state index contributed by atoms with van der Waals surface area (Å²) in [7, 11) is 0. The van der Waals surface area contributed by atoms with Crippen LogP contribution in [0.25, 0.3) is 0 Å². The molecule has 2 saturated carbocycles. The molecule has 1 aliphatic heterocycles. The molecule has 18 heavy (non-hydrogen) atoms. The molecule has 1 heterocycles. The second-order valence-corrected chi connectivity index (χ2v) is 7.10. The molecule has 0 radical (unpaired) electrons. The van der Waals surface area contributed by atoms with Gasteiger partial charge in [-0.2, -0.15) is 0 Å². The number of guanidine groups is 1. The molecule has 0 aromatic heterocycles. The van der Waals surface area contributed by atoms with Gasteiger partial charge in [0.25, 0.3) is 0 Å². The molecule has 102 valence electrons. The van der Waals surface area contributed by atoms with E-state index in [1.165, 1.54) is 38.5 Å². The Kier molecular flexibility index (Phi) is 3.03. The highest BCUT2D eigenvalue weighted by Gasteiger charge is 2.48. The van der Waals surface area contributed by atoms with Gasteiger partial charge in [-0.1, -0.05) is 26.7 Å². The molecule has 2 unspecified atom stereocenters. The van der Waals surface area contributed by atoms with Gasteiger partial charge in [0.15, 0.2) is 5.96 Å². The first-order valence-electron chi connectivity index (χ1n) is 7.68. The van der Waals surface area contributed by atoms with Crippen molar-refractivity contribution in [2.75, 3.05) is 13.1 Å². The molecular formula is C15H27N3. The van der Waals surface area contributed by atoms with E-state index in [2.05, 4.69) is 23.7 Å². The standard InChI is InChI=1S/C15H27N3/c1-11(2)9-18-14(16)17-10-15(18)7-3-4-13(8-15)12-5-6-12/h11-13H,3-10H2,1-2H3,(H2,16,17). The fourth-order valence-electron chi connectivity index (χ4n) is 4.04. The summed E-state index contributed by atoms with van der Waals surface area (Å²) in [4.78, 5) is 7.03. The van der Waals surface area contributed by atoms with Crippen molar-refractivity contribution in [1.82, 2.24) is 4.90 Å². The van der Waals surface area contributed by atoms with Crippen LogP contribution in [0.3, 0.4) is 0 Å². The lowest BCUT2D eigenvalue weighted by molar-refractivity contribution is 0.0913. The Labute approximate surface area is 111 Å². The van der Waals surface area contributed by atoms with Gasteiger partial charge in [-0.25, -0.2) is 0 Å². The van der Waals surface area contributed by atoms with Gasteiger partial charge in [0.05, 0.1) is 12.1 Å². The predicted octanol–water partition coefficient (Wildman–Crippen LogP) is 2.61. The Morgan fingerprint density at radius 1 is 1.33 bits per heavy atom. The summed E-state index contributed by atoms with van der Waals surface area (Å²) < 4.78 is 0. The summed E-state index contributed by atoms with van der Waals surface area (Å²) in [5.41, 5.74) is 6.44. The molecule has 0 aromatic rings. The molecule has 2 N–H and O–H groups in total. The molecule has 0 aromatic carbocycles. The van der Waals surface area contributed by atoms with Crippen LogP contribution in [0.1, 0.15) is 52.4 Å². The molecular weight excluding hydrogens is 222 g/mol. The number of rotatable bonds is 3. The largest absolute Gasteiger partial charge is 0.370 e. The maximum absolute atomic E-state index is 6.15. The molecule has 2 fully saturated rings. The Morgan fingerprint density at radius 3 is 2.78 bits per heavy atom. The molecule has 2 aliphatic carbocycles. The lowest BCUT2D eigenvalue weighted by atomic mass is 9.73. The average Bonchev–Trinajstić information content (AvgIpc) is 3.14. The maximum atomic E-state index is 6.15. The highest BCUT2D eigenvalue weighted by molar-refractivity contribution is 5.81. The first kappa shape index (κ1) is 12.3. The molecule has 3 aliphatic rings. The number of hydrogen-bond acceptors (Lipinski definition) is 3. The van der Waals surface area contributed by atoms with Crippen molar-refractivity contribution in [3.05, 3.63) is 0 Å². The molecule has 3 nitrogen and oxygen atoms in total. The normalized spacial score (nSPS) is 36.5. The summed E-state index contributed by atoms with van der Waals surface area (Å²) in [5, 5.41) is 0. The average molecular weight is 249 g/mol. The van der Waals surface area contributed by atoms with Gasteiger partial charge in [-0.3, -0.25) is 4.99 Å². The third kappa shape index (κ3) is 2.12. The van der Waals surface area contributed by atoms with E-state index in [0.29, 0.717) is 11.5 Å². The van der Waals surface area contributed by atoms with Crippen LogP contribution in [0, 0.1) is 17.8 Å². The van der Waals surface area contributed by atoms with Crippen molar-refractivity contribution in [1.29, 1.82) is 0 Å². The third-order valence-corrected chi connectivity index (χ3v) is 5.08. The van der Waals surface area contributed by atoms with Crippen molar-refractivity contribution in [2.45, 2.75) is 57.9 Å². The zero-order valence-corrected chi connectivity index (χ0v) is 11.9. The highest BCUT2D eigenvalue weighted by atomic mass is 15.4. The Bertz CT molecular complexity index is 346. The Balaban J connectivity index is 1.75. The fourth-order valence-corrected chi connectivity index (χ4v) is 4.04. The van der Waals surface area contributed by atoms with E-state index in [0.717, 1.165) is 30.9 Å². The quantitative estimate of drug-likeness (QED) is 0.835. The minimum Gasteiger partial charge on any atom is -0.370 e. The van der Waals surface area contributed by atoms with Crippen LogP contribution in [0.2, 0.25) is 0 Å². The van der Waals surface area contributed by atoms with Crippen molar-refractivity contribution in [3.8, 4) is 0 Å². The van der Waals surface area contributed by atoms with Gasteiger partial charge >= 0.3 is 0 Å². The van der Waals surface area contributed by atoms with Gasteiger partial charge in [0.2, 0.25) is 0 Å². The molecule has 1 spiro atoms. The van der Waals surface area contributed by atoms with Crippen LogP contribution >= 0.6 is 0 Å². The van der Waals surface area contributed by atoms with E-state index < -0.39 is 0 Å². The Hall–Kier alpha value is -0.730. The Morgan fingerprint density at radius 2 is 2.11 bits per heavy atom. The smallest absolute Gasteiger partial charge is 0.191 e. The van der Waals surface area contributed by atoms with Crippen LogP contribution < -0.4 is 5.73 Å². The van der Waals surface area contributed by atoms with Gasteiger partial charge in [-0.15, -0.1) is 0 Å². The van der Waals surface area contributed by atoms with E-state index in [4.69, 9.17) is 5.73 Å². The number of nitrogens with two attached hydrogens (primary N) is 1. The second kappa shape index (κ2) is 4.43. The highest BCUT2D eigenvalue weighted by Crippen LogP contribution is 2.49. The van der Waals surface area contributed by atoms with E-state index in [-0.39, 0.29) is 0 Å². The van der Waals surface area contributed by atoms with E-state index in [1.54, 1.807) is 0 Å². The zero-order chi connectivity index (χ0) is 12.8.